The number of ketones is 1. The van der Waals surface area contributed by atoms with Crippen LogP contribution in [0.3, 0.4) is 0 Å². The van der Waals surface area contributed by atoms with Crippen LogP contribution in [0.1, 0.15) is 16.2 Å². The monoisotopic (exact) mass is 356 g/mol. The van der Waals surface area contributed by atoms with Crippen molar-refractivity contribution in [3.63, 3.8) is 0 Å². The number of carbonyl (C=O) groups is 1. The van der Waals surface area contributed by atoms with Gasteiger partial charge in [0.2, 0.25) is 0 Å². The summed E-state index contributed by atoms with van der Waals surface area (Å²) < 4.78 is 16.1. The highest BCUT2D eigenvalue weighted by Gasteiger charge is 2.12. The second kappa shape index (κ2) is 8.34. The van der Waals surface area contributed by atoms with Crippen molar-refractivity contribution in [1.29, 1.82) is 0 Å². The van der Waals surface area contributed by atoms with Crippen LogP contribution in [0.4, 0.5) is 0 Å². The van der Waals surface area contributed by atoms with Gasteiger partial charge >= 0.3 is 0 Å². The second-order valence-corrected chi connectivity index (χ2v) is 5.93. The maximum absolute atomic E-state index is 12.2. The number of methoxy groups -OCH3 is 1. The molecule has 0 fully saturated rings. The molecule has 25 heavy (non-hydrogen) atoms. The fourth-order valence-corrected chi connectivity index (χ4v) is 2.68. The SMILES string of the molecule is COc1ccc(C(=O)CSc2nnc(COc3ccccc3)o2)cc1. The molecule has 0 atom stereocenters. The van der Waals surface area contributed by atoms with Gasteiger partial charge in [-0.25, -0.2) is 0 Å². The van der Waals surface area contributed by atoms with E-state index in [1.54, 1.807) is 31.4 Å². The van der Waals surface area contributed by atoms with Gasteiger partial charge in [-0.2, -0.15) is 0 Å². The van der Waals surface area contributed by atoms with E-state index >= 15 is 0 Å². The molecule has 0 aliphatic heterocycles. The van der Waals surface area contributed by atoms with Crippen molar-refractivity contribution in [2.45, 2.75) is 11.8 Å². The Labute approximate surface area is 149 Å². The first-order valence-corrected chi connectivity index (χ1v) is 8.53. The molecule has 3 aromatic rings. The first-order chi connectivity index (χ1) is 12.2. The van der Waals surface area contributed by atoms with Gasteiger partial charge in [0.1, 0.15) is 11.5 Å². The van der Waals surface area contributed by atoms with Gasteiger partial charge < -0.3 is 13.9 Å². The summed E-state index contributed by atoms with van der Waals surface area (Å²) in [6.07, 6.45) is 0. The van der Waals surface area contributed by atoms with Gasteiger partial charge in [-0.15, -0.1) is 10.2 Å². The maximum atomic E-state index is 12.2. The number of Topliss-reactive ketones (excluding diaryl/α,β-unsaturated/α-hetero) is 1. The van der Waals surface area contributed by atoms with E-state index in [4.69, 9.17) is 13.9 Å². The maximum Gasteiger partial charge on any atom is 0.277 e. The molecule has 0 spiro atoms. The lowest BCUT2D eigenvalue weighted by molar-refractivity contribution is 0.102. The molecule has 6 nitrogen and oxygen atoms in total. The Morgan fingerprint density at radius 2 is 1.80 bits per heavy atom. The van der Waals surface area contributed by atoms with Gasteiger partial charge in [0.25, 0.3) is 11.1 Å². The van der Waals surface area contributed by atoms with Crippen LogP contribution in [-0.4, -0.2) is 28.8 Å². The first kappa shape index (κ1) is 17.0. The average Bonchev–Trinajstić information content (AvgIpc) is 3.13. The highest BCUT2D eigenvalue weighted by Crippen LogP contribution is 2.20. The van der Waals surface area contributed by atoms with Crippen molar-refractivity contribution in [2.75, 3.05) is 12.9 Å². The smallest absolute Gasteiger partial charge is 0.277 e. The van der Waals surface area contributed by atoms with E-state index in [0.717, 1.165) is 5.75 Å². The molecule has 0 N–H and O–H groups in total. The fourth-order valence-electron chi connectivity index (χ4n) is 2.00. The zero-order valence-electron chi connectivity index (χ0n) is 13.5. The summed E-state index contributed by atoms with van der Waals surface area (Å²) in [7, 11) is 1.58. The summed E-state index contributed by atoms with van der Waals surface area (Å²) in [4.78, 5) is 12.2. The molecule has 0 aliphatic rings. The number of benzene rings is 2. The molecule has 0 bridgehead atoms. The Morgan fingerprint density at radius 3 is 2.52 bits per heavy atom. The van der Waals surface area contributed by atoms with Crippen molar-refractivity contribution in [1.82, 2.24) is 10.2 Å². The lowest BCUT2D eigenvalue weighted by Crippen LogP contribution is -2.02. The number of thioether (sulfide) groups is 1. The number of ether oxygens (including phenoxy) is 2. The highest BCUT2D eigenvalue weighted by molar-refractivity contribution is 7.99. The summed E-state index contributed by atoms with van der Waals surface area (Å²) in [5.41, 5.74) is 0.612. The first-order valence-electron chi connectivity index (χ1n) is 7.55. The van der Waals surface area contributed by atoms with Crippen molar-refractivity contribution in [3.8, 4) is 11.5 Å². The Morgan fingerprint density at radius 1 is 1.04 bits per heavy atom. The number of rotatable bonds is 8. The summed E-state index contributed by atoms with van der Waals surface area (Å²) >= 11 is 1.20. The van der Waals surface area contributed by atoms with Crippen LogP contribution < -0.4 is 9.47 Å². The van der Waals surface area contributed by atoms with Crippen molar-refractivity contribution < 1.29 is 18.7 Å². The normalized spacial score (nSPS) is 10.4. The number of nitrogens with zero attached hydrogens (tertiary/aromatic N) is 2. The minimum Gasteiger partial charge on any atom is -0.497 e. The van der Waals surface area contributed by atoms with E-state index in [2.05, 4.69) is 10.2 Å². The van der Waals surface area contributed by atoms with Gasteiger partial charge in [0, 0.05) is 5.56 Å². The number of hydrogen-bond donors (Lipinski definition) is 0. The van der Waals surface area contributed by atoms with E-state index in [-0.39, 0.29) is 18.1 Å². The van der Waals surface area contributed by atoms with Gasteiger partial charge in [0.15, 0.2) is 12.4 Å². The third-order valence-electron chi connectivity index (χ3n) is 3.29. The standard InChI is InChI=1S/C18H16N2O4S/c1-22-14-9-7-13(8-10-14)16(21)12-25-18-20-19-17(24-18)11-23-15-5-3-2-4-6-15/h2-10H,11-12H2,1H3. The van der Waals surface area contributed by atoms with Gasteiger partial charge in [-0.05, 0) is 36.4 Å². The zero-order valence-corrected chi connectivity index (χ0v) is 14.4. The van der Waals surface area contributed by atoms with Gasteiger partial charge in [-0.3, -0.25) is 4.79 Å². The summed E-state index contributed by atoms with van der Waals surface area (Å²) in [6.45, 7) is 0.185. The number of para-hydroxylation sites is 1. The zero-order chi connectivity index (χ0) is 17.5. The fraction of sp³-hybridized carbons (Fsp3) is 0.167. The average molecular weight is 356 g/mol. The van der Waals surface area contributed by atoms with Crippen LogP contribution in [0.2, 0.25) is 0 Å². The summed E-state index contributed by atoms with van der Waals surface area (Å²) in [5, 5.41) is 8.17. The quantitative estimate of drug-likeness (QED) is 0.451. The third kappa shape index (κ3) is 4.84. The van der Waals surface area contributed by atoms with Crippen LogP contribution in [-0.2, 0) is 6.61 Å². The van der Waals surface area contributed by atoms with E-state index in [1.165, 1.54) is 11.8 Å². The van der Waals surface area contributed by atoms with Crippen LogP contribution in [0, 0.1) is 0 Å². The number of carbonyl (C=O) groups excluding carboxylic acids is 1. The van der Waals surface area contributed by atoms with Gasteiger partial charge in [0.05, 0.1) is 12.9 Å². The molecular formula is C18H16N2O4S. The van der Waals surface area contributed by atoms with Crippen molar-refractivity contribution in [2.24, 2.45) is 0 Å². The molecule has 1 aromatic heterocycles. The Balaban J connectivity index is 1.50. The summed E-state index contributed by atoms with van der Waals surface area (Å²) in [6, 6.07) is 16.3. The molecular weight excluding hydrogens is 340 g/mol. The second-order valence-electron chi connectivity index (χ2n) is 5.00. The molecule has 128 valence electrons. The minimum atomic E-state index is -0.0204. The third-order valence-corrected chi connectivity index (χ3v) is 4.11. The Kier molecular flexibility index (Phi) is 5.69. The molecule has 0 amide bonds. The molecule has 0 saturated carbocycles. The van der Waals surface area contributed by atoms with E-state index in [0.29, 0.717) is 22.4 Å². The number of hydrogen-bond acceptors (Lipinski definition) is 7. The topological polar surface area (TPSA) is 74.5 Å². The lowest BCUT2D eigenvalue weighted by atomic mass is 10.1. The molecule has 2 aromatic carbocycles. The lowest BCUT2D eigenvalue weighted by Gasteiger charge is -2.02. The van der Waals surface area contributed by atoms with E-state index in [1.807, 2.05) is 30.3 Å². The highest BCUT2D eigenvalue weighted by atomic mass is 32.2. The van der Waals surface area contributed by atoms with Crippen molar-refractivity contribution >= 4 is 17.5 Å². The predicted molar refractivity (Wildman–Crippen MR) is 93.1 cm³/mol. The van der Waals surface area contributed by atoms with E-state index < -0.39 is 0 Å². The van der Waals surface area contributed by atoms with E-state index in [9.17, 15) is 4.79 Å². The minimum absolute atomic E-state index is 0.0204. The van der Waals surface area contributed by atoms with Crippen LogP contribution >= 0.6 is 11.8 Å². The molecule has 3 rings (SSSR count). The summed E-state index contributed by atoms with van der Waals surface area (Å²) in [5.74, 6) is 2.00. The molecule has 0 saturated heterocycles. The molecule has 7 heteroatoms. The van der Waals surface area contributed by atoms with Crippen LogP contribution in [0.15, 0.2) is 64.2 Å². The van der Waals surface area contributed by atoms with Crippen molar-refractivity contribution in [3.05, 3.63) is 66.1 Å². The Bertz CT molecular complexity index is 819. The number of aromatic nitrogens is 2. The van der Waals surface area contributed by atoms with Gasteiger partial charge in [-0.1, -0.05) is 30.0 Å². The molecule has 0 aliphatic carbocycles. The molecule has 0 unspecified atom stereocenters. The molecule has 0 radical (unpaired) electrons. The van der Waals surface area contributed by atoms with Crippen LogP contribution in [0.25, 0.3) is 0 Å². The van der Waals surface area contributed by atoms with Crippen LogP contribution in [0.5, 0.6) is 11.5 Å². The molecule has 1 heterocycles. The predicted octanol–water partition coefficient (Wildman–Crippen LogP) is 3.63. The largest absolute Gasteiger partial charge is 0.497 e. The Hall–Kier alpha value is -2.80.